The van der Waals surface area contributed by atoms with E-state index >= 15 is 0 Å². The van der Waals surface area contributed by atoms with E-state index in [1.54, 1.807) is 12.1 Å². The summed E-state index contributed by atoms with van der Waals surface area (Å²) in [7, 11) is -3.50. The first-order valence-corrected chi connectivity index (χ1v) is 8.41. The van der Waals surface area contributed by atoms with Crippen molar-refractivity contribution in [3.63, 3.8) is 0 Å². The minimum atomic E-state index is -3.50. The van der Waals surface area contributed by atoms with E-state index < -0.39 is 10.0 Å². The summed E-state index contributed by atoms with van der Waals surface area (Å²) in [5.41, 5.74) is 0.717. The lowest BCUT2D eigenvalue weighted by Gasteiger charge is -2.22. The lowest BCUT2D eigenvalue weighted by atomic mass is 10.2. The molecule has 0 spiro atoms. The average molecular weight is 331 g/mol. The summed E-state index contributed by atoms with van der Waals surface area (Å²) in [5.74, 6) is 0.578. The zero-order valence-corrected chi connectivity index (χ0v) is 12.5. The Labute approximate surface area is 116 Å². The summed E-state index contributed by atoms with van der Waals surface area (Å²) in [6, 6.07) is 6.99. The molecule has 2 rings (SSSR count). The number of rotatable bonds is 4. The van der Waals surface area contributed by atoms with Crippen molar-refractivity contribution in [1.82, 2.24) is 4.90 Å². The predicted molar refractivity (Wildman–Crippen MR) is 75.8 cm³/mol. The van der Waals surface area contributed by atoms with Crippen LogP contribution in [0.25, 0.3) is 0 Å². The number of halogens is 1. The summed E-state index contributed by atoms with van der Waals surface area (Å²) >= 11 is 3.39. The van der Waals surface area contributed by atoms with Gasteiger partial charge in [0.05, 0.1) is 0 Å². The molecular formula is C12H15BrN2O2S. The maximum atomic E-state index is 11.9. The van der Waals surface area contributed by atoms with E-state index in [4.69, 9.17) is 0 Å². The largest absolute Gasteiger partial charge is 0.356 e. The smallest absolute Gasteiger partial charge is 0.285 e. The van der Waals surface area contributed by atoms with Crippen LogP contribution in [-0.4, -0.2) is 37.6 Å². The van der Waals surface area contributed by atoms with Crippen LogP contribution in [0.2, 0.25) is 0 Å². The van der Waals surface area contributed by atoms with Crippen LogP contribution in [0, 0.1) is 0 Å². The number of amidine groups is 1. The van der Waals surface area contributed by atoms with Gasteiger partial charge in [0.2, 0.25) is 0 Å². The van der Waals surface area contributed by atoms with Crippen LogP contribution in [0.1, 0.15) is 18.9 Å². The zero-order valence-electron chi connectivity index (χ0n) is 10.1. The first kappa shape index (κ1) is 13.5. The molecule has 6 heteroatoms. The molecule has 18 heavy (non-hydrogen) atoms. The zero-order chi connectivity index (χ0) is 13.2. The van der Waals surface area contributed by atoms with Gasteiger partial charge in [0.25, 0.3) is 10.0 Å². The van der Waals surface area contributed by atoms with E-state index in [0.29, 0.717) is 16.3 Å². The molecule has 0 atom stereocenters. The van der Waals surface area contributed by atoms with Crippen LogP contribution in [0.3, 0.4) is 0 Å². The third-order valence-electron chi connectivity index (χ3n) is 2.86. The number of hydrogen-bond donors (Lipinski definition) is 0. The number of alkyl halides is 1. The first-order chi connectivity index (χ1) is 8.60. The van der Waals surface area contributed by atoms with Crippen molar-refractivity contribution in [2.75, 3.05) is 18.4 Å². The van der Waals surface area contributed by atoms with Gasteiger partial charge < -0.3 is 4.90 Å². The summed E-state index contributed by atoms with van der Waals surface area (Å²) < 4.78 is 27.8. The second-order valence-corrected chi connectivity index (χ2v) is 6.37. The Morgan fingerprint density at radius 2 is 2.06 bits per heavy atom. The van der Waals surface area contributed by atoms with E-state index in [1.807, 2.05) is 24.0 Å². The maximum absolute atomic E-state index is 11.9. The number of sulfonamides is 1. The van der Waals surface area contributed by atoms with Gasteiger partial charge in [-0.2, -0.15) is 8.42 Å². The van der Waals surface area contributed by atoms with E-state index in [9.17, 15) is 8.42 Å². The molecular weight excluding hydrogens is 316 g/mol. The fourth-order valence-electron chi connectivity index (χ4n) is 1.98. The normalized spacial score (nSPS) is 16.2. The molecule has 0 fully saturated rings. The van der Waals surface area contributed by atoms with Crippen molar-refractivity contribution < 1.29 is 8.42 Å². The SMILES string of the molecule is CCN(CCCBr)C1=NS(=O)(=O)c2ccccc21. The van der Waals surface area contributed by atoms with Gasteiger partial charge in [-0.15, -0.1) is 4.40 Å². The van der Waals surface area contributed by atoms with Crippen LogP contribution >= 0.6 is 15.9 Å². The molecule has 98 valence electrons. The van der Waals surface area contributed by atoms with Crippen molar-refractivity contribution in [3.8, 4) is 0 Å². The molecule has 1 aliphatic rings. The van der Waals surface area contributed by atoms with Crippen molar-refractivity contribution in [1.29, 1.82) is 0 Å². The second-order valence-electron chi connectivity index (χ2n) is 4.01. The quantitative estimate of drug-likeness (QED) is 0.795. The summed E-state index contributed by atoms with van der Waals surface area (Å²) in [4.78, 5) is 2.32. The number of fused-ring (bicyclic) bond motifs is 1. The Balaban J connectivity index is 2.40. The highest BCUT2D eigenvalue weighted by Crippen LogP contribution is 2.27. The van der Waals surface area contributed by atoms with Crippen LogP contribution in [0.5, 0.6) is 0 Å². The summed E-state index contributed by atoms with van der Waals surface area (Å²) in [5, 5.41) is 0.894. The Hall–Kier alpha value is -0.880. The molecule has 0 amide bonds. The van der Waals surface area contributed by atoms with Gasteiger partial charge in [-0.05, 0) is 25.5 Å². The Morgan fingerprint density at radius 1 is 1.33 bits per heavy atom. The molecule has 1 aromatic carbocycles. The fraction of sp³-hybridized carbons (Fsp3) is 0.417. The van der Waals surface area contributed by atoms with Crippen molar-refractivity contribution in [3.05, 3.63) is 29.8 Å². The van der Waals surface area contributed by atoms with E-state index in [-0.39, 0.29) is 0 Å². The van der Waals surface area contributed by atoms with Gasteiger partial charge in [0.1, 0.15) is 4.90 Å². The molecule has 1 aliphatic heterocycles. The van der Waals surface area contributed by atoms with E-state index in [1.165, 1.54) is 0 Å². The summed E-state index contributed by atoms with van der Waals surface area (Å²) in [6.45, 7) is 3.55. The molecule has 1 heterocycles. The van der Waals surface area contributed by atoms with Crippen LogP contribution < -0.4 is 0 Å². The highest BCUT2D eigenvalue weighted by molar-refractivity contribution is 9.09. The van der Waals surface area contributed by atoms with Crippen molar-refractivity contribution >= 4 is 31.8 Å². The van der Waals surface area contributed by atoms with Crippen LogP contribution in [0.15, 0.2) is 33.6 Å². The van der Waals surface area contributed by atoms with Gasteiger partial charge in [0.15, 0.2) is 5.84 Å². The molecule has 4 nitrogen and oxygen atoms in total. The second kappa shape index (κ2) is 5.40. The number of nitrogens with zero attached hydrogens (tertiary/aromatic N) is 2. The number of hydrogen-bond acceptors (Lipinski definition) is 3. The Morgan fingerprint density at radius 3 is 2.72 bits per heavy atom. The van der Waals surface area contributed by atoms with Gasteiger partial charge in [-0.3, -0.25) is 0 Å². The molecule has 0 bridgehead atoms. The molecule has 0 unspecified atom stereocenters. The first-order valence-electron chi connectivity index (χ1n) is 5.85. The molecule has 0 saturated heterocycles. The summed E-state index contributed by atoms with van der Waals surface area (Å²) in [6.07, 6.45) is 0.953. The van der Waals surface area contributed by atoms with Gasteiger partial charge in [-0.1, -0.05) is 28.1 Å². The van der Waals surface area contributed by atoms with Crippen molar-refractivity contribution in [2.45, 2.75) is 18.2 Å². The average Bonchev–Trinajstić information content (AvgIpc) is 2.64. The molecule has 1 aromatic rings. The Kier molecular flexibility index (Phi) is 4.07. The van der Waals surface area contributed by atoms with Crippen LogP contribution in [-0.2, 0) is 10.0 Å². The van der Waals surface area contributed by atoms with Crippen LogP contribution in [0.4, 0.5) is 0 Å². The predicted octanol–water partition coefficient (Wildman–Crippen LogP) is 2.24. The minimum absolute atomic E-state index is 0.317. The molecule has 0 saturated carbocycles. The molecule has 0 N–H and O–H groups in total. The van der Waals surface area contributed by atoms with E-state index in [2.05, 4.69) is 20.3 Å². The van der Waals surface area contributed by atoms with Gasteiger partial charge in [0, 0.05) is 24.0 Å². The lowest BCUT2D eigenvalue weighted by Crippen LogP contribution is -2.31. The third-order valence-corrected chi connectivity index (χ3v) is 4.74. The van der Waals surface area contributed by atoms with Gasteiger partial charge >= 0.3 is 0 Å². The van der Waals surface area contributed by atoms with E-state index in [0.717, 1.165) is 24.8 Å². The lowest BCUT2D eigenvalue weighted by molar-refractivity contribution is 0.443. The van der Waals surface area contributed by atoms with Crippen molar-refractivity contribution in [2.24, 2.45) is 4.40 Å². The number of benzene rings is 1. The molecule has 0 radical (unpaired) electrons. The maximum Gasteiger partial charge on any atom is 0.285 e. The monoisotopic (exact) mass is 330 g/mol. The van der Waals surface area contributed by atoms with Gasteiger partial charge in [-0.25, -0.2) is 0 Å². The minimum Gasteiger partial charge on any atom is -0.356 e. The molecule has 0 aromatic heterocycles. The standard InChI is InChI=1S/C12H15BrN2O2S/c1-2-15(9-5-8-13)12-10-6-3-4-7-11(10)18(16,17)14-12/h3-4,6-7H,2,5,8-9H2,1H3. The highest BCUT2D eigenvalue weighted by atomic mass is 79.9. The molecule has 0 aliphatic carbocycles. The topological polar surface area (TPSA) is 49.7 Å². The highest BCUT2D eigenvalue weighted by Gasteiger charge is 2.30. The third kappa shape index (κ3) is 2.44. The fourth-order valence-corrected chi connectivity index (χ4v) is 3.46. The Bertz CT molecular complexity index is 569.